The van der Waals surface area contributed by atoms with Crippen molar-refractivity contribution in [3.05, 3.63) is 62.0 Å². The first-order valence-corrected chi connectivity index (χ1v) is 8.08. The average molecular weight is 400 g/mol. The molecule has 106 valence electrons. The van der Waals surface area contributed by atoms with Crippen molar-refractivity contribution < 1.29 is 10.1 Å². The molecule has 0 aliphatic carbocycles. The van der Waals surface area contributed by atoms with Crippen molar-refractivity contribution in [3.63, 3.8) is 0 Å². The molecule has 2 nitrogen and oxygen atoms in total. The van der Waals surface area contributed by atoms with Gasteiger partial charge in [-0.15, -0.1) is 0 Å². The van der Waals surface area contributed by atoms with Crippen LogP contribution in [0.1, 0.15) is 16.7 Å². The van der Waals surface area contributed by atoms with Crippen LogP contribution in [0, 0.1) is 6.92 Å². The maximum atomic E-state index is 5.46. The molecule has 0 radical (unpaired) electrons. The van der Waals surface area contributed by atoms with E-state index in [2.05, 4.69) is 74.4 Å². The van der Waals surface area contributed by atoms with Crippen molar-refractivity contribution in [1.82, 2.24) is 0 Å². The van der Waals surface area contributed by atoms with Gasteiger partial charge in [-0.1, -0.05) is 45.8 Å². The fourth-order valence-electron chi connectivity index (χ4n) is 2.11. The highest BCUT2D eigenvalue weighted by Crippen LogP contribution is 2.32. The van der Waals surface area contributed by atoms with Gasteiger partial charge in [0.25, 0.3) is 0 Å². The minimum atomic E-state index is 0.884. The summed E-state index contributed by atoms with van der Waals surface area (Å²) in [5, 5.41) is 2.28. The summed E-state index contributed by atoms with van der Waals surface area (Å²) < 4.78 is 7.50. The van der Waals surface area contributed by atoms with Crippen LogP contribution in [0.25, 0.3) is 0 Å². The lowest BCUT2D eigenvalue weighted by atomic mass is 10.1. The molecule has 0 saturated carbocycles. The van der Waals surface area contributed by atoms with E-state index in [1.54, 1.807) is 7.11 Å². The van der Waals surface area contributed by atoms with Crippen molar-refractivity contribution in [1.29, 1.82) is 0 Å². The number of methoxy groups -OCH3 is 1. The molecule has 2 aromatic rings. The van der Waals surface area contributed by atoms with Crippen LogP contribution in [-0.2, 0) is 13.1 Å². The fraction of sp³-hybridized carbons (Fsp3) is 0.250. The first-order valence-electron chi connectivity index (χ1n) is 6.49. The number of hydrogen-bond donors (Lipinski definition) is 1. The summed E-state index contributed by atoms with van der Waals surface area (Å²) in [4.78, 5) is 0. The summed E-state index contributed by atoms with van der Waals surface area (Å²) in [6.45, 7) is 3.96. The molecule has 0 spiro atoms. The SMILES string of the molecule is COc1c(Br)cc(Br)cc1C[NH2+]Cc1ccc(C)cc1. The largest absolute Gasteiger partial charge is 0.495 e. The van der Waals surface area contributed by atoms with Crippen LogP contribution in [0.2, 0.25) is 0 Å². The van der Waals surface area contributed by atoms with Crippen molar-refractivity contribution in [2.75, 3.05) is 7.11 Å². The molecule has 0 aliphatic heterocycles. The zero-order valence-electron chi connectivity index (χ0n) is 11.6. The number of rotatable bonds is 5. The van der Waals surface area contributed by atoms with Crippen molar-refractivity contribution in [2.24, 2.45) is 0 Å². The van der Waals surface area contributed by atoms with Gasteiger partial charge < -0.3 is 10.1 Å². The van der Waals surface area contributed by atoms with Gasteiger partial charge in [-0.05, 0) is 35.0 Å². The van der Waals surface area contributed by atoms with Gasteiger partial charge in [-0.3, -0.25) is 0 Å². The van der Waals surface area contributed by atoms with E-state index in [4.69, 9.17) is 4.74 Å². The first-order chi connectivity index (χ1) is 9.60. The first kappa shape index (κ1) is 15.5. The van der Waals surface area contributed by atoms with E-state index in [-0.39, 0.29) is 0 Å². The lowest BCUT2D eigenvalue weighted by molar-refractivity contribution is -0.686. The Morgan fingerprint density at radius 1 is 1.05 bits per heavy atom. The highest BCUT2D eigenvalue weighted by atomic mass is 79.9. The van der Waals surface area contributed by atoms with Crippen molar-refractivity contribution in [3.8, 4) is 5.75 Å². The number of quaternary nitrogens is 1. The summed E-state index contributed by atoms with van der Waals surface area (Å²) in [5.41, 5.74) is 3.82. The molecule has 0 saturated heterocycles. The fourth-order valence-corrected chi connectivity index (χ4v) is 3.59. The van der Waals surface area contributed by atoms with Gasteiger partial charge in [-0.2, -0.15) is 0 Å². The second kappa shape index (κ2) is 7.25. The van der Waals surface area contributed by atoms with Gasteiger partial charge in [0, 0.05) is 10.0 Å². The zero-order chi connectivity index (χ0) is 14.5. The van der Waals surface area contributed by atoms with Crippen LogP contribution in [0.3, 0.4) is 0 Å². The summed E-state index contributed by atoms with van der Waals surface area (Å²) in [5.74, 6) is 0.911. The second-order valence-corrected chi connectivity index (χ2v) is 6.53. The number of benzene rings is 2. The van der Waals surface area contributed by atoms with Gasteiger partial charge in [0.15, 0.2) is 0 Å². The summed E-state index contributed by atoms with van der Waals surface area (Å²) in [6, 6.07) is 12.8. The van der Waals surface area contributed by atoms with Crippen LogP contribution in [-0.4, -0.2) is 7.11 Å². The minimum absolute atomic E-state index is 0.884. The highest BCUT2D eigenvalue weighted by Gasteiger charge is 2.10. The van der Waals surface area contributed by atoms with Crippen LogP contribution in [0.15, 0.2) is 45.3 Å². The monoisotopic (exact) mass is 398 g/mol. The Labute approximate surface area is 136 Å². The predicted molar refractivity (Wildman–Crippen MR) is 88.9 cm³/mol. The molecule has 20 heavy (non-hydrogen) atoms. The van der Waals surface area contributed by atoms with E-state index in [0.717, 1.165) is 27.8 Å². The maximum Gasteiger partial charge on any atom is 0.141 e. The molecule has 0 fully saturated rings. The Kier molecular flexibility index (Phi) is 5.64. The van der Waals surface area contributed by atoms with Crippen LogP contribution in [0.5, 0.6) is 5.75 Å². The molecular formula is C16H18Br2NO+. The molecule has 0 aromatic heterocycles. The van der Waals surface area contributed by atoms with E-state index >= 15 is 0 Å². The number of aryl methyl sites for hydroxylation is 1. The van der Waals surface area contributed by atoms with Crippen LogP contribution < -0.4 is 10.1 Å². The number of nitrogens with two attached hydrogens (primary N) is 1. The quantitative estimate of drug-likeness (QED) is 0.812. The third-order valence-electron chi connectivity index (χ3n) is 3.15. The van der Waals surface area contributed by atoms with E-state index in [0.29, 0.717) is 0 Å². The number of ether oxygens (including phenoxy) is 1. The van der Waals surface area contributed by atoms with E-state index < -0.39 is 0 Å². The van der Waals surface area contributed by atoms with E-state index in [1.807, 2.05) is 6.07 Å². The molecule has 0 heterocycles. The molecule has 2 rings (SSSR count). The molecule has 4 heteroatoms. The van der Waals surface area contributed by atoms with Crippen molar-refractivity contribution in [2.45, 2.75) is 20.0 Å². The second-order valence-electron chi connectivity index (χ2n) is 4.76. The van der Waals surface area contributed by atoms with Gasteiger partial charge in [-0.25, -0.2) is 0 Å². The third-order valence-corrected chi connectivity index (χ3v) is 4.20. The molecule has 0 atom stereocenters. The third kappa shape index (κ3) is 4.08. The van der Waals surface area contributed by atoms with Gasteiger partial charge >= 0.3 is 0 Å². The molecule has 2 aromatic carbocycles. The molecule has 2 N–H and O–H groups in total. The van der Waals surface area contributed by atoms with Gasteiger partial charge in [0.1, 0.15) is 18.8 Å². The normalized spacial score (nSPS) is 10.6. The molecule has 0 unspecified atom stereocenters. The molecule has 0 bridgehead atoms. The highest BCUT2D eigenvalue weighted by molar-refractivity contribution is 9.11. The minimum Gasteiger partial charge on any atom is -0.495 e. The Hall–Kier alpha value is -0.840. The summed E-state index contributed by atoms with van der Waals surface area (Å²) in [7, 11) is 1.71. The Bertz CT molecular complexity index is 582. The van der Waals surface area contributed by atoms with Crippen LogP contribution in [0.4, 0.5) is 0 Å². The van der Waals surface area contributed by atoms with Crippen LogP contribution >= 0.6 is 31.9 Å². The standard InChI is InChI=1S/C16H17Br2NO/c1-11-3-5-12(6-4-11)9-19-10-13-7-14(17)8-15(18)16(13)20-2/h3-8,19H,9-10H2,1-2H3/p+1. The molecule has 0 aliphatic rings. The Balaban J connectivity index is 2.02. The van der Waals surface area contributed by atoms with Gasteiger partial charge in [0.2, 0.25) is 0 Å². The topological polar surface area (TPSA) is 25.8 Å². The Morgan fingerprint density at radius 2 is 1.75 bits per heavy atom. The van der Waals surface area contributed by atoms with Gasteiger partial charge in [0.05, 0.1) is 17.1 Å². The predicted octanol–water partition coefficient (Wildman–Crippen LogP) is 3.79. The number of halogens is 2. The summed E-state index contributed by atoms with van der Waals surface area (Å²) >= 11 is 7.06. The van der Waals surface area contributed by atoms with Crippen molar-refractivity contribution >= 4 is 31.9 Å². The Morgan fingerprint density at radius 3 is 2.40 bits per heavy atom. The molecule has 0 amide bonds. The van der Waals surface area contributed by atoms with E-state index in [1.165, 1.54) is 16.7 Å². The average Bonchev–Trinajstić information content (AvgIpc) is 2.40. The summed E-state index contributed by atoms with van der Waals surface area (Å²) in [6.07, 6.45) is 0. The number of hydrogen-bond acceptors (Lipinski definition) is 1. The zero-order valence-corrected chi connectivity index (χ0v) is 14.8. The smallest absolute Gasteiger partial charge is 0.141 e. The maximum absolute atomic E-state index is 5.46. The van der Waals surface area contributed by atoms with E-state index in [9.17, 15) is 0 Å². The molecular weight excluding hydrogens is 382 g/mol. The lowest BCUT2D eigenvalue weighted by Gasteiger charge is -2.10. The lowest BCUT2D eigenvalue weighted by Crippen LogP contribution is -2.80.